The van der Waals surface area contributed by atoms with Crippen LogP contribution in [0.5, 0.6) is 0 Å². The molecule has 33 heavy (non-hydrogen) atoms. The summed E-state index contributed by atoms with van der Waals surface area (Å²) in [6.45, 7) is 0.603. The van der Waals surface area contributed by atoms with E-state index in [2.05, 4.69) is 15.3 Å². The van der Waals surface area contributed by atoms with Crippen LogP contribution >= 0.6 is 11.6 Å². The first-order valence-electron chi connectivity index (χ1n) is 11.8. The van der Waals surface area contributed by atoms with E-state index in [1.807, 2.05) is 0 Å². The van der Waals surface area contributed by atoms with Gasteiger partial charge in [0.1, 0.15) is 18.0 Å². The van der Waals surface area contributed by atoms with Crippen molar-refractivity contribution in [1.82, 2.24) is 14.9 Å². The number of aromatic nitrogens is 2. The van der Waals surface area contributed by atoms with Gasteiger partial charge in [-0.25, -0.2) is 14.4 Å². The van der Waals surface area contributed by atoms with Crippen molar-refractivity contribution in [3.8, 4) is 0 Å². The predicted octanol–water partition coefficient (Wildman–Crippen LogP) is 4.62. The van der Waals surface area contributed by atoms with Crippen LogP contribution in [0.3, 0.4) is 0 Å². The van der Waals surface area contributed by atoms with Gasteiger partial charge in [0.25, 0.3) is 5.91 Å². The van der Waals surface area contributed by atoms with Crippen molar-refractivity contribution in [2.75, 3.05) is 11.9 Å². The van der Waals surface area contributed by atoms with E-state index in [0.29, 0.717) is 42.2 Å². The first-order valence-corrected chi connectivity index (χ1v) is 12.2. The molecular weight excluding hydrogens is 443 g/mol. The summed E-state index contributed by atoms with van der Waals surface area (Å²) in [6, 6.07) is 4.22. The molecule has 4 aliphatic carbocycles. The molecular formula is C25H26ClFN4O2. The predicted molar refractivity (Wildman–Crippen MR) is 121 cm³/mol. The Bertz CT molecular complexity index is 1100. The van der Waals surface area contributed by atoms with E-state index in [0.717, 1.165) is 24.8 Å². The highest BCUT2D eigenvalue weighted by Crippen LogP contribution is 2.60. The molecule has 7 rings (SSSR count). The first kappa shape index (κ1) is 21.0. The highest BCUT2D eigenvalue weighted by molar-refractivity contribution is 6.33. The number of hydrogen-bond donors (Lipinski definition) is 1. The fourth-order valence-corrected chi connectivity index (χ4v) is 7.37. The van der Waals surface area contributed by atoms with E-state index in [9.17, 15) is 14.0 Å². The lowest BCUT2D eigenvalue weighted by atomic mass is 9.49. The van der Waals surface area contributed by atoms with Gasteiger partial charge in [-0.05, 0) is 74.8 Å². The molecule has 0 saturated heterocycles. The number of carbonyl (C=O) groups is 2. The largest absolute Gasteiger partial charge is 0.332 e. The van der Waals surface area contributed by atoms with Gasteiger partial charge in [-0.1, -0.05) is 17.7 Å². The average Bonchev–Trinajstić information content (AvgIpc) is 2.78. The maximum Gasteiger partial charge on any atom is 0.258 e. The van der Waals surface area contributed by atoms with Gasteiger partial charge in [0.05, 0.1) is 28.2 Å². The van der Waals surface area contributed by atoms with Gasteiger partial charge in [-0.15, -0.1) is 0 Å². The molecule has 0 spiro atoms. The van der Waals surface area contributed by atoms with E-state index < -0.39 is 11.7 Å². The lowest BCUT2D eigenvalue weighted by molar-refractivity contribution is -0.140. The second-order valence-electron chi connectivity index (χ2n) is 10.4. The summed E-state index contributed by atoms with van der Waals surface area (Å²) in [6.07, 6.45) is 8.74. The van der Waals surface area contributed by atoms with Crippen LogP contribution in [0.4, 0.5) is 10.2 Å². The molecule has 4 saturated carbocycles. The Labute approximate surface area is 196 Å². The molecule has 4 bridgehead atoms. The summed E-state index contributed by atoms with van der Waals surface area (Å²) in [5.41, 5.74) is 1.16. The van der Waals surface area contributed by atoms with Gasteiger partial charge < -0.3 is 10.2 Å². The first-order chi connectivity index (χ1) is 15.9. The zero-order valence-electron chi connectivity index (χ0n) is 18.3. The second kappa shape index (κ2) is 7.76. The summed E-state index contributed by atoms with van der Waals surface area (Å²) in [5, 5.41) is 3.24. The molecule has 6 nitrogen and oxygen atoms in total. The molecule has 2 heterocycles. The number of amides is 2. The number of nitrogens with one attached hydrogen (secondary N) is 1. The molecule has 0 unspecified atom stereocenters. The lowest BCUT2D eigenvalue weighted by Gasteiger charge is -2.55. The van der Waals surface area contributed by atoms with Crippen LogP contribution in [-0.2, 0) is 17.8 Å². The molecule has 0 radical (unpaired) electrons. The number of benzene rings is 1. The normalized spacial score (nSPS) is 29.6. The van der Waals surface area contributed by atoms with E-state index >= 15 is 0 Å². The number of halogens is 2. The van der Waals surface area contributed by atoms with E-state index in [1.54, 1.807) is 4.90 Å². The molecule has 0 atom stereocenters. The number of anilines is 1. The zero-order valence-corrected chi connectivity index (χ0v) is 19.1. The van der Waals surface area contributed by atoms with Gasteiger partial charge in [0, 0.05) is 12.1 Å². The van der Waals surface area contributed by atoms with Crippen molar-refractivity contribution in [2.45, 2.75) is 51.5 Å². The lowest BCUT2D eigenvalue weighted by Crippen LogP contribution is -2.52. The van der Waals surface area contributed by atoms with Gasteiger partial charge in [-0.2, -0.15) is 0 Å². The molecule has 172 valence electrons. The Balaban J connectivity index is 1.22. The van der Waals surface area contributed by atoms with Crippen LogP contribution in [0.25, 0.3) is 0 Å². The van der Waals surface area contributed by atoms with Crippen LogP contribution in [0.1, 0.15) is 60.1 Å². The fourth-order valence-electron chi connectivity index (χ4n) is 7.12. The van der Waals surface area contributed by atoms with Crippen molar-refractivity contribution in [3.05, 3.63) is 52.2 Å². The third kappa shape index (κ3) is 3.52. The molecule has 5 aliphatic rings. The molecule has 8 heteroatoms. The van der Waals surface area contributed by atoms with Crippen molar-refractivity contribution >= 4 is 29.2 Å². The Morgan fingerprint density at radius 1 is 1.09 bits per heavy atom. The third-order valence-corrected chi connectivity index (χ3v) is 8.54. The van der Waals surface area contributed by atoms with Gasteiger partial charge in [0.15, 0.2) is 0 Å². The molecule has 2 aromatic rings. The minimum absolute atomic E-state index is 0.0945. The third-order valence-electron chi connectivity index (χ3n) is 8.22. The van der Waals surface area contributed by atoms with E-state index in [4.69, 9.17) is 11.6 Å². The quantitative estimate of drug-likeness (QED) is 0.713. The Morgan fingerprint density at radius 2 is 1.79 bits per heavy atom. The minimum Gasteiger partial charge on any atom is -0.332 e. The van der Waals surface area contributed by atoms with E-state index in [-0.39, 0.29) is 28.5 Å². The zero-order chi connectivity index (χ0) is 22.7. The summed E-state index contributed by atoms with van der Waals surface area (Å²) < 4.78 is 14.3. The molecule has 2 amide bonds. The van der Waals surface area contributed by atoms with E-state index in [1.165, 1.54) is 43.8 Å². The Hall–Kier alpha value is -2.54. The fraction of sp³-hybridized carbons (Fsp3) is 0.520. The number of rotatable bonds is 3. The second-order valence-corrected chi connectivity index (χ2v) is 10.8. The Morgan fingerprint density at radius 3 is 2.45 bits per heavy atom. The molecule has 1 aliphatic heterocycles. The minimum atomic E-state index is -0.635. The number of nitrogens with zero attached hydrogens (tertiary/aromatic N) is 3. The highest BCUT2D eigenvalue weighted by Gasteiger charge is 2.54. The van der Waals surface area contributed by atoms with Crippen molar-refractivity contribution in [2.24, 2.45) is 23.2 Å². The van der Waals surface area contributed by atoms with Crippen LogP contribution < -0.4 is 5.32 Å². The highest BCUT2D eigenvalue weighted by atomic mass is 35.5. The summed E-state index contributed by atoms with van der Waals surface area (Å²) >= 11 is 6.09. The van der Waals surface area contributed by atoms with Crippen molar-refractivity contribution in [3.63, 3.8) is 0 Å². The van der Waals surface area contributed by atoms with Gasteiger partial charge in [-0.3, -0.25) is 9.59 Å². The summed E-state index contributed by atoms with van der Waals surface area (Å²) in [5.74, 6) is 1.62. The smallest absolute Gasteiger partial charge is 0.258 e. The van der Waals surface area contributed by atoms with Crippen molar-refractivity contribution < 1.29 is 14.0 Å². The standard InChI is InChI=1S/C25H26ClFN4O2/c26-18-2-1-3-19(27)21(18)23(32)31-5-4-17-20(12-31)28-13-29-22(17)30-24(33)25-9-14-6-15(10-25)8-16(7-14)11-25/h1-3,13-16H,4-12H2,(H,28,29,30,33). The summed E-state index contributed by atoms with van der Waals surface area (Å²) in [4.78, 5) is 36.8. The van der Waals surface area contributed by atoms with Crippen LogP contribution in [0, 0.1) is 29.0 Å². The number of carbonyl (C=O) groups excluding carboxylic acids is 2. The number of hydrogen-bond acceptors (Lipinski definition) is 4. The van der Waals surface area contributed by atoms with Crippen molar-refractivity contribution in [1.29, 1.82) is 0 Å². The monoisotopic (exact) mass is 468 g/mol. The van der Waals surface area contributed by atoms with Crippen LogP contribution in [0.15, 0.2) is 24.5 Å². The molecule has 1 aromatic heterocycles. The van der Waals surface area contributed by atoms with Crippen LogP contribution in [0.2, 0.25) is 5.02 Å². The number of fused-ring (bicyclic) bond motifs is 1. The SMILES string of the molecule is O=C(c1c(F)cccc1Cl)N1CCc2c(ncnc2NC(=O)C23CC4CC(CC(C4)C2)C3)C1. The average molecular weight is 469 g/mol. The molecule has 4 fully saturated rings. The van der Waals surface area contributed by atoms with Gasteiger partial charge >= 0.3 is 0 Å². The summed E-state index contributed by atoms with van der Waals surface area (Å²) in [7, 11) is 0. The molecule has 1 N–H and O–H groups in total. The Kier molecular flexibility index (Phi) is 4.94. The maximum absolute atomic E-state index is 14.3. The topological polar surface area (TPSA) is 75.2 Å². The maximum atomic E-state index is 14.3. The van der Waals surface area contributed by atoms with Gasteiger partial charge in [0.2, 0.25) is 5.91 Å². The molecule has 1 aromatic carbocycles. The van der Waals surface area contributed by atoms with Crippen LogP contribution in [-0.4, -0.2) is 33.2 Å².